The molecule has 3 heterocycles. The Morgan fingerprint density at radius 1 is 0.322 bits per heavy atom. The summed E-state index contributed by atoms with van der Waals surface area (Å²) in [5.41, 5.74) is 0. The fourth-order valence-electron chi connectivity index (χ4n) is 16.5. The Morgan fingerprint density at radius 3 is 0.939 bits per heavy atom. The molecule has 3 aliphatic heterocycles. The number of hydrogen-bond donors (Lipinski definition) is 12. The van der Waals surface area contributed by atoms with Gasteiger partial charge in [-0.05, 0) is 51.4 Å². The Labute approximate surface area is 701 Å². The molecule has 676 valence electrons. The molecule has 0 radical (unpaired) electrons. The molecule has 3 rings (SSSR count). The molecule has 17 unspecified atom stereocenters. The lowest BCUT2D eigenvalue weighted by Gasteiger charge is -2.48. The summed E-state index contributed by atoms with van der Waals surface area (Å²) in [6.45, 7) is 1.77. The van der Waals surface area contributed by atoms with Crippen LogP contribution in [0.25, 0.3) is 0 Å². The van der Waals surface area contributed by atoms with Gasteiger partial charge in [-0.25, -0.2) is 0 Å². The summed E-state index contributed by atoms with van der Waals surface area (Å²) in [6.07, 6.45) is 72.5. The Bertz CT molecular complexity index is 2260. The predicted octanol–water partition coefficient (Wildman–Crippen LogP) is 19.5. The Morgan fingerprint density at radius 2 is 0.600 bits per heavy atom. The van der Waals surface area contributed by atoms with Crippen LogP contribution in [0.3, 0.4) is 0 Å². The molecule has 0 bridgehead atoms. The molecule has 3 aliphatic rings. The van der Waals surface area contributed by atoms with Crippen molar-refractivity contribution >= 4 is 5.91 Å². The van der Waals surface area contributed by atoms with Crippen LogP contribution in [0.2, 0.25) is 0 Å². The van der Waals surface area contributed by atoms with Gasteiger partial charge in [0.05, 0.1) is 38.6 Å². The first-order valence-electron chi connectivity index (χ1n) is 48.4. The third-order valence-corrected chi connectivity index (χ3v) is 24.2. The van der Waals surface area contributed by atoms with E-state index in [1.54, 1.807) is 0 Å². The molecule has 17 atom stereocenters. The average molecular weight is 1640 g/mol. The molecule has 12 N–H and O–H groups in total. The van der Waals surface area contributed by atoms with Gasteiger partial charge in [-0.3, -0.25) is 4.79 Å². The van der Waals surface area contributed by atoms with Crippen molar-refractivity contribution in [1.82, 2.24) is 5.32 Å². The number of ether oxygens (including phenoxy) is 6. The van der Waals surface area contributed by atoms with Crippen LogP contribution in [0.15, 0.2) is 48.6 Å². The SMILES string of the molecule is CC/C=C\C/C=C\C/C=C\C/C=C\CCCCCCCCCCCCCCCCCCCCCCCCCCCCCCC(=O)NC(COC1OC(CO)C(OC2OC(CO)C(OC3OC(CO)C(O)C(O)C3O)C(O)C2O)C(O)C1O)C(O)CCCCCCCCCCCCCCCCCCCCCCCCCCCCCCC. The normalized spacial score (nSPS) is 24.8. The zero-order valence-electron chi connectivity index (χ0n) is 73.3. The number of rotatable bonds is 80. The van der Waals surface area contributed by atoms with Crippen LogP contribution in [-0.2, 0) is 33.2 Å². The molecule has 19 nitrogen and oxygen atoms in total. The van der Waals surface area contributed by atoms with Crippen LogP contribution < -0.4 is 5.32 Å². The lowest BCUT2D eigenvalue weighted by atomic mass is 9.96. The third-order valence-electron chi connectivity index (χ3n) is 24.2. The highest BCUT2D eigenvalue weighted by Crippen LogP contribution is 2.34. The second kappa shape index (κ2) is 75.5. The van der Waals surface area contributed by atoms with Crippen molar-refractivity contribution < 1.29 is 89.4 Å². The highest BCUT2D eigenvalue weighted by atomic mass is 16.8. The molecule has 0 aliphatic carbocycles. The van der Waals surface area contributed by atoms with Gasteiger partial charge < -0.3 is 89.9 Å². The van der Waals surface area contributed by atoms with E-state index in [0.29, 0.717) is 12.8 Å². The maximum Gasteiger partial charge on any atom is 0.220 e. The molecule has 1 amide bonds. The van der Waals surface area contributed by atoms with Gasteiger partial charge in [-0.1, -0.05) is 416 Å². The molecular formula is C96H179NO18. The van der Waals surface area contributed by atoms with Crippen molar-refractivity contribution in [2.75, 3.05) is 26.4 Å². The third kappa shape index (κ3) is 53.4. The zero-order valence-corrected chi connectivity index (χ0v) is 73.3. The second-order valence-electron chi connectivity index (χ2n) is 34.5. The molecule has 19 heteroatoms. The van der Waals surface area contributed by atoms with E-state index in [2.05, 4.69) is 67.8 Å². The Kier molecular flexibility index (Phi) is 70.2. The monoisotopic (exact) mass is 1630 g/mol. The molecule has 3 saturated heterocycles. The molecular weight excluding hydrogens is 1460 g/mol. The number of carbonyl (C=O) groups is 1. The number of aliphatic hydroxyl groups excluding tert-OH is 11. The van der Waals surface area contributed by atoms with Crippen LogP contribution in [0.4, 0.5) is 0 Å². The smallest absolute Gasteiger partial charge is 0.220 e. The van der Waals surface area contributed by atoms with E-state index < -0.39 is 124 Å². The summed E-state index contributed by atoms with van der Waals surface area (Å²) in [4.78, 5) is 13.6. The molecule has 0 aromatic carbocycles. The molecule has 0 spiro atoms. The van der Waals surface area contributed by atoms with Crippen molar-refractivity contribution in [2.45, 2.75) is 529 Å². The summed E-state index contributed by atoms with van der Waals surface area (Å²) in [7, 11) is 0. The van der Waals surface area contributed by atoms with E-state index in [1.807, 2.05) is 0 Å². The summed E-state index contributed by atoms with van der Waals surface area (Å²) in [5.74, 6) is -0.233. The summed E-state index contributed by atoms with van der Waals surface area (Å²) < 4.78 is 34.6. The van der Waals surface area contributed by atoms with Gasteiger partial charge in [0.2, 0.25) is 5.91 Å². The number of hydrogen-bond acceptors (Lipinski definition) is 18. The average Bonchev–Trinajstić information content (AvgIpc) is 0.778. The minimum atomic E-state index is -1.97. The molecule has 115 heavy (non-hydrogen) atoms. The molecule has 0 aromatic heterocycles. The largest absolute Gasteiger partial charge is 0.394 e. The van der Waals surface area contributed by atoms with E-state index in [9.17, 15) is 61.0 Å². The second-order valence-corrected chi connectivity index (χ2v) is 34.5. The van der Waals surface area contributed by atoms with Crippen LogP contribution in [-0.4, -0.2) is 193 Å². The van der Waals surface area contributed by atoms with Gasteiger partial charge >= 0.3 is 0 Å². The van der Waals surface area contributed by atoms with Crippen LogP contribution in [0.5, 0.6) is 0 Å². The summed E-state index contributed by atoms with van der Waals surface area (Å²) >= 11 is 0. The number of carbonyl (C=O) groups excluding carboxylic acids is 1. The van der Waals surface area contributed by atoms with Crippen LogP contribution in [0, 0.1) is 0 Å². The number of aliphatic hydroxyl groups is 11. The van der Waals surface area contributed by atoms with Crippen LogP contribution in [0.1, 0.15) is 425 Å². The maximum atomic E-state index is 13.6. The molecule has 3 fully saturated rings. The van der Waals surface area contributed by atoms with E-state index in [-0.39, 0.29) is 18.9 Å². The van der Waals surface area contributed by atoms with Crippen LogP contribution >= 0.6 is 0 Å². The first-order valence-corrected chi connectivity index (χ1v) is 48.4. The van der Waals surface area contributed by atoms with Gasteiger partial charge in [-0.2, -0.15) is 0 Å². The van der Waals surface area contributed by atoms with E-state index >= 15 is 0 Å². The quantitative estimate of drug-likeness (QED) is 0.0199. The van der Waals surface area contributed by atoms with E-state index in [4.69, 9.17) is 28.4 Å². The Balaban J connectivity index is 1.27. The van der Waals surface area contributed by atoms with Crippen molar-refractivity contribution in [1.29, 1.82) is 0 Å². The van der Waals surface area contributed by atoms with E-state index in [0.717, 1.165) is 70.6 Å². The maximum absolute atomic E-state index is 13.6. The fourth-order valence-corrected chi connectivity index (χ4v) is 16.5. The van der Waals surface area contributed by atoms with Gasteiger partial charge in [-0.15, -0.1) is 0 Å². The highest BCUT2D eigenvalue weighted by molar-refractivity contribution is 5.76. The summed E-state index contributed by atoms with van der Waals surface area (Å²) in [5, 5.41) is 122. The Hall–Kier alpha value is -2.25. The first-order chi connectivity index (χ1) is 56.3. The van der Waals surface area contributed by atoms with Crippen molar-refractivity contribution in [2.24, 2.45) is 0 Å². The minimum absolute atomic E-state index is 0.233. The van der Waals surface area contributed by atoms with Gasteiger partial charge in [0.15, 0.2) is 18.9 Å². The topological polar surface area (TPSA) is 307 Å². The number of allylic oxidation sites excluding steroid dienone is 8. The van der Waals surface area contributed by atoms with Crippen molar-refractivity contribution in [3.05, 3.63) is 48.6 Å². The standard InChI is InChI=1S/C96H179NO18/c1-3-5-7-9-11-13-15-17-19-21-23-25-27-29-31-33-34-35-36-37-38-39-40-41-42-43-44-46-48-50-52-54-56-58-60-62-64-66-68-70-72-74-84(102)97-79(80(101)73-71-69-67-65-63-61-59-57-55-53-51-49-47-45-32-30-28-26-24-22-20-18-16-14-12-10-8-6-4-2)78-110-94-90(108)87(105)92(82(76-99)112-94)115-96-91(109)88(106)93(83(77-100)113-96)114-95-89(107)86(104)85(103)81(75-98)111-95/h5,7,11,13,17,19,23,25,79-83,85-96,98-101,103-109H,3-4,6,8-10,12,14-16,18,20-22,24,26-78H2,1-2H3,(H,97,102)/b7-5-,13-11-,19-17-,25-23-. The predicted molar refractivity (Wildman–Crippen MR) is 466 cm³/mol. The van der Waals surface area contributed by atoms with Crippen molar-refractivity contribution in [3.8, 4) is 0 Å². The number of unbranched alkanes of at least 4 members (excludes halogenated alkanes) is 56. The van der Waals surface area contributed by atoms with Gasteiger partial charge in [0.25, 0.3) is 0 Å². The summed E-state index contributed by atoms with van der Waals surface area (Å²) in [6, 6.07) is -0.888. The number of amides is 1. The fraction of sp³-hybridized carbons (Fsp3) is 0.906. The molecule has 0 saturated carbocycles. The molecule has 0 aromatic rings. The van der Waals surface area contributed by atoms with Crippen molar-refractivity contribution in [3.63, 3.8) is 0 Å². The van der Waals surface area contributed by atoms with Gasteiger partial charge in [0.1, 0.15) is 73.2 Å². The van der Waals surface area contributed by atoms with Gasteiger partial charge in [0, 0.05) is 6.42 Å². The van der Waals surface area contributed by atoms with E-state index in [1.165, 1.54) is 321 Å². The minimum Gasteiger partial charge on any atom is -0.394 e. The zero-order chi connectivity index (χ0) is 83.1. The highest BCUT2D eigenvalue weighted by Gasteiger charge is 2.54. The first kappa shape index (κ1) is 107. The lowest BCUT2D eigenvalue weighted by molar-refractivity contribution is -0.379. The number of nitrogens with one attached hydrogen (secondary N) is 1. The lowest BCUT2D eigenvalue weighted by Crippen LogP contribution is -2.66.